The van der Waals surface area contributed by atoms with Gasteiger partial charge in [0.05, 0.1) is 11.5 Å². The summed E-state index contributed by atoms with van der Waals surface area (Å²) in [6.07, 6.45) is 4.18. The lowest BCUT2D eigenvalue weighted by Crippen LogP contribution is -2.31. The minimum Gasteiger partial charge on any atom is -0.487 e. The lowest BCUT2D eigenvalue weighted by atomic mass is 10.0. The van der Waals surface area contributed by atoms with Crippen LogP contribution in [0.25, 0.3) is 0 Å². The summed E-state index contributed by atoms with van der Waals surface area (Å²) in [7, 11) is 0. The lowest BCUT2D eigenvalue weighted by molar-refractivity contribution is -0.385. The van der Waals surface area contributed by atoms with Crippen molar-refractivity contribution >= 4 is 5.69 Å². The molecule has 0 saturated carbocycles. The summed E-state index contributed by atoms with van der Waals surface area (Å²) in [6, 6.07) is 5.59. The largest absolute Gasteiger partial charge is 0.487 e. The molecule has 1 N–H and O–H groups in total. The van der Waals surface area contributed by atoms with Crippen LogP contribution in [-0.2, 0) is 6.42 Å². The van der Waals surface area contributed by atoms with Gasteiger partial charge >= 0.3 is 5.69 Å². The zero-order chi connectivity index (χ0) is 15.7. The highest BCUT2D eigenvalue weighted by molar-refractivity contribution is 5.48. The second kappa shape index (κ2) is 9.34. The van der Waals surface area contributed by atoms with Gasteiger partial charge in [-0.15, -0.1) is 0 Å². The first-order valence-corrected chi connectivity index (χ1v) is 7.75. The molecule has 0 aliphatic rings. The Kier molecular flexibility index (Phi) is 7.75. The smallest absolute Gasteiger partial charge is 0.310 e. The molecule has 0 aliphatic heterocycles. The van der Waals surface area contributed by atoms with Crippen LogP contribution in [0.1, 0.15) is 45.6 Å². The fraction of sp³-hybridized carbons (Fsp3) is 0.625. The minimum absolute atomic E-state index is 0.0363. The van der Waals surface area contributed by atoms with Crippen LogP contribution in [0.15, 0.2) is 18.2 Å². The topological polar surface area (TPSA) is 64.4 Å². The Hall–Kier alpha value is -1.62. The third kappa shape index (κ3) is 5.71. The molecule has 5 nitrogen and oxygen atoms in total. The second-order valence-electron chi connectivity index (χ2n) is 5.14. The van der Waals surface area contributed by atoms with Crippen molar-refractivity contribution in [1.82, 2.24) is 5.32 Å². The molecule has 5 heteroatoms. The quantitative estimate of drug-likeness (QED) is 0.528. The molecule has 0 radical (unpaired) electrons. The zero-order valence-electron chi connectivity index (χ0n) is 13.2. The predicted octanol–water partition coefficient (Wildman–Crippen LogP) is 3.70. The molecular weight excluding hydrogens is 268 g/mol. The van der Waals surface area contributed by atoms with Crippen LogP contribution >= 0.6 is 0 Å². The van der Waals surface area contributed by atoms with Crippen molar-refractivity contribution in [3.05, 3.63) is 33.9 Å². The van der Waals surface area contributed by atoms with E-state index in [1.807, 2.05) is 13.0 Å². The Morgan fingerprint density at radius 1 is 1.29 bits per heavy atom. The number of nitrogens with zero attached hydrogens (tertiary/aromatic N) is 1. The number of ether oxygens (including phenoxy) is 1. The average Bonchev–Trinajstić information content (AvgIpc) is 2.45. The van der Waals surface area contributed by atoms with Crippen molar-refractivity contribution in [2.75, 3.05) is 13.2 Å². The molecule has 0 spiro atoms. The summed E-state index contributed by atoms with van der Waals surface area (Å²) in [5.74, 6) is 0.366. The predicted molar refractivity (Wildman–Crippen MR) is 85.0 cm³/mol. The molecular formula is C16H26N2O3. The third-order valence-corrected chi connectivity index (χ3v) is 3.32. The maximum Gasteiger partial charge on any atom is 0.310 e. The van der Waals surface area contributed by atoms with Crippen molar-refractivity contribution in [2.24, 2.45) is 0 Å². The van der Waals surface area contributed by atoms with Crippen LogP contribution in [0, 0.1) is 10.1 Å². The summed E-state index contributed by atoms with van der Waals surface area (Å²) >= 11 is 0. The van der Waals surface area contributed by atoms with E-state index in [0.717, 1.165) is 37.8 Å². The van der Waals surface area contributed by atoms with Crippen LogP contribution in [0.4, 0.5) is 5.69 Å². The monoisotopic (exact) mass is 294 g/mol. The van der Waals surface area contributed by atoms with Gasteiger partial charge in [0, 0.05) is 12.1 Å². The molecule has 1 unspecified atom stereocenters. The number of benzene rings is 1. The average molecular weight is 294 g/mol. The van der Waals surface area contributed by atoms with Crippen molar-refractivity contribution in [3.8, 4) is 5.75 Å². The summed E-state index contributed by atoms with van der Waals surface area (Å²) in [5.41, 5.74) is 1.11. The molecule has 0 aromatic heterocycles. The first kappa shape index (κ1) is 17.4. The van der Waals surface area contributed by atoms with Crippen LogP contribution in [0.5, 0.6) is 5.75 Å². The van der Waals surface area contributed by atoms with Gasteiger partial charge in [-0.05, 0) is 44.4 Å². The van der Waals surface area contributed by atoms with Crippen molar-refractivity contribution in [2.45, 2.75) is 52.5 Å². The summed E-state index contributed by atoms with van der Waals surface area (Å²) < 4.78 is 5.40. The van der Waals surface area contributed by atoms with E-state index in [9.17, 15) is 10.1 Å². The van der Waals surface area contributed by atoms with Crippen molar-refractivity contribution in [3.63, 3.8) is 0 Å². The molecule has 0 fully saturated rings. The normalized spacial score (nSPS) is 12.1. The number of nitrogens with one attached hydrogen (secondary N) is 1. The van der Waals surface area contributed by atoms with E-state index in [1.54, 1.807) is 12.1 Å². The van der Waals surface area contributed by atoms with Crippen LogP contribution in [0.2, 0.25) is 0 Å². The Morgan fingerprint density at radius 2 is 2.05 bits per heavy atom. The van der Waals surface area contributed by atoms with Gasteiger partial charge in [-0.3, -0.25) is 10.1 Å². The number of nitro benzene ring substituents is 1. The van der Waals surface area contributed by atoms with Crippen LogP contribution in [-0.4, -0.2) is 24.1 Å². The van der Waals surface area contributed by atoms with E-state index >= 15 is 0 Å². The Labute approximate surface area is 126 Å². The summed E-state index contributed by atoms with van der Waals surface area (Å²) in [6.45, 7) is 7.57. The van der Waals surface area contributed by atoms with Gasteiger partial charge in [0.15, 0.2) is 5.75 Å². The van der Waals surface area contributed by atoms with E-state index in [-0.39, 0.29) is 5.69 Å². The van der Waals surface area contributed by atoms with Crippen molar-refractivity contribution < 1.29 is 9.66 Å². The fourth-order valence-corrected chi connectivity index (χ4v) is 2.37. The third-order valence-electron chi connectivity index (χ3n) is 3.32. The first-order chi connectivity index (χ1) is 10.1. The maximum absolute atomic E-state index is 11.0. The molecule has 1 atom stereocenters. The van der Waals surface area contributed by atoms with Gasteiger partial charge in [0.25, 0.3) is 0 Å². The molecule has 0 aliphatic carbocycles. The van der Waals surface area contributed by atoms with Gasteiger partial charge in [-0.2, -0.15) is 0 Å². The lowest BCUT2D eigenvalue weighted by Gasteiger charge is -2.18. The number of nitro groups is 1. The van der Waals surface area contributed by atoms with E-state index < -0.39 is 4.92 Å². The molecule has 118 valence electrons. The van der Waals surface area contributed by atoms with E-state index in [0.29, 0.717) is 18.4 Å². The Morgan fingerprint density at radius 3 is 2.62 bits per heavy atom. The van der Waals surface area contributed by atoms with Gasteiger partial charge < -0.3 is 10.1 Å². The van der Waals surface area contributed by atoms with Crippen LogP contribution in [0.3, 0.4) is 0 Å². The Balaban J connectivity index is 2.85. The fourth-order valence-electron chi connectivity index (χ4n) is 2.37. The minimum atomic E-state index is -0.395. The highest BCUT2D eigenvalue weighted by Crippen LogP contribution is 2.28. The van der Waals surface area contributed by atoms with E-state index in [4.69, 9.17) is 4.74 Å². The highest BCUT2D eigenvalue weighted by Gasteiger charge is 2.16. The molecule has 0 saturated heterocycles. The second-order valence-corrected chi connectivity index (χ2v) is 5.14. The van der Waals surface area contributed by atoms with Gasteiger partial charge in [-0.25, -0.2) is 0 Å². The molecule has 1 rings (SSSR count). The highest BCUT2D eigenvalue weighted by atomic mass is 16.6. The molecule has 21 heavy (non-hydrogen) atoms. The number of hydrogen-bond acceptors (Lipinski definition) is 4. The molecule has 1 aromatic carbocycles. The van der Waals surface area contributed by atoms with E-state index in [1.165, 1.54) is 0 Å². The molecule has 0 heterocycles. The Bertz CT molecular complexity index is 449. The van der Waals surface area contributed by atoms with E-state index in [2.05, 4.69) is 19.2 Å². The maximum atomic E-state index is 11.0. The van der Waals surface area contributed by atoms with Gasteiger partial charge in [0.1, 0.15) is 0 Å². The standard InChI is InChI=1S/C16H26N2O3/c1-4-7-14(17-10-5-2)11-13-8-9-15(18(19)20)16(12-13)21-6-3/h8-9,12,14,17H,4-7,10-11H2,1-3H3. The molecule has 1 aromatic rings. The summed E-state index contributed by atoms with van der Waals surface area (Å²) in [4.78, 5) is 10.6. The first-order valence-electron chi connectivity index (χ1n) is 7.75. The number of rotatable bonds is 10. The van der Waals surface area contributed by atoms with Gasteiger partial charge in [-0.1, -0.05) is 26.3 Å². The van der Waals surface area contributed by atoms with Gasteiger partial charge in [0.2, 0.25) is 0 Å². The number of hydrogen-bond donors (Lipinski definition) is 1. The van der Waals surface area contributed by atoms with Crippen LogP contribution < -0.4 is 10.1 Å². The SMILES string of the molecule is CCCNC(CCC)Cc1ccc([N+](=O)[O-])c(OCC)c1. The summed E-state index contributed by atoms with van der Waals surface area (Å²) in [5, 5.41) is 14.5. The molecule has 0 bridgehead atoms. The van der Waals surface area contributed by atoms with Crippen molar-refractivity contribution in [1.29, 1.82) is 0 Å². The molecule has 0 amide bonds. The zero-order valence-corrected chi connectivity index (χ0v) is 13.2.